The fourth-order valence-corrected chi connectivity index (χ4v) is 11.4. The second-order valence-corrected chi connectivity index (χ2v) is 19.4. The van der Waals surface area contributed by atoms with Gasteiger partial charge in [-0.25, -0.2) is 0 Å². The minimum atomic E-state index is 0. The van der Waals surface area contributed by atoms with Crippen LogP contribution in [0.25, 0.3) is 131 Å². The molecule has 0 unspecified atom stereocenters. The van der Waals surface area contributed by atoms with E-state index in [1.807, 2.05) is 0 Å². The molecule has 0 N–H and O–H groups in total. The number of benzene rings is 12. The van der Waals surface area contributed by atoms with Crippen LogP contribution >= 0.6 is 0 Å². The van der Waals surface area contributed by atoms with Crippen molar-refractivity contribution in [2.24, 2.45) is 0 Å². The fourth-order valence-electron chi connectivity index (χ4n) is 11.4. The van der Waals surface area contributed by atoms with Gasteiger partial charge < -0.3 is 24.8 Å². The van der Waals surface area contributed by atoms with Gasteiger partial charge in [-0.2, -0.15) is 0 Å². The van der Waals surface area contributed by atoms with Crippen LogP contribution in [0.4, 0.5) is 0 Å². The van der Waals surface area contributed by atoms with Gasteiger partial charge in [0.15, 0.2) is 0 Å². The van der Waals surface area contributed by atoms with Gasteiger partial charge in [0.25, 0.3) is 0 Å². The third-order valence-electron chi connectivity index (χ3n) is 15.0. The predicted molar refractivity (Wildman–Crippen MR) is 330 cm³/mol. The third-order valence-corrected chi connectivity index (χ3v) is 15.0. The Hall–Kier alpha value is -7.53. The van der Waals surface area contributed by atoms with E-state index in [0.29, 0.717) is 0 Å². The molecule has 0 aliphatic heterocycles. The molecule has 0 radical (unpaired) electrons. The molecule has 16 aromatic carbocycles. The Labute approximate surface area is 518 Å². The maximum absolute atomic E-state index is 2.23. The summed E-state index contributed by atoms with van der Waals surface area (Å²) in [5.74, 6) is 0. The van der Waals surface area contributed by atoms with E-state index in [1.165, 1.54) is 131 Å². The van der Waals surface area contributed by atoms with E-state index in [1.54, 1.807) is 0 Å². The second-order valence-electron chi connectivity index (χ2n) is 19.4. The maximum atomic E-state index is 2.23. The molecule has 0 aliphatic rings. The molecule has 0 amide bonds. The normalized spacial score (nSPS) is 10.6. The smallest absolute Gasteiger partial charge is 1.00 e. The van der Waals surface area contributed by atoms with Crippen molar-refractivity contribution in [3.05, 3.63) is 315 Å². The standard InChI is InChI=1S/4C19H13.2ClH.2Zr/c4*1-3-9-16-14(6-1)8-5-11-18(16)19-13-12-15-7-2-4-10-17(15)19;;;;/h4*1-13H;2*1H;;/q4*-1;;;2*+2/p-2. The molecular formula is C76H52Cl2Zr2-2. The fraction of sp³-hybridized carbons (Fsp3) is 0. The van der Waals surface area contributed by atoms with Gasteiger partial charge in [-0.1, -0.05) is 328 Å². The second kappa shape index (κ2) is 26.2. The number of fused-ring (bicyclic) bond motifs is 8. The van der Waals surface area contributed by atoms with E-state index in [9.17, 15) is 0 Å². The quantitative estimate of drug-likeness (QED) is 0.154. The van der Waals surface area contributed by atoms with E-state index in [0.717, 1.165) is 0 Å². The molecule has 0 aliphatic carbocycles. The monoisotopic (exact) mass is 1210 g/mol. The summed E-state index contributed by atoms with van der Waals surface area (Å²) in [6.45, 7) is 0. The zero-order valence-electron chi connectivity index (χ0n) is 43.8. The molecule has 16 rings (SSSR count). The average Bonchev–Trinajstić information content (AvgIpc) is 4.33. The molecule has 80 heavy (non-hydrogen) atoms. The molecule has 0 atom stereocenters. The summed E-state index contributed by atoms with van der Waals surface area (Å²) in [6.07, 6.45) is 0. The molecule has 0 heterocycles. The van der Waals surface area contributed by atoms with Crippen LogP contribution in [0.1, 0.15) is 0 Å². The van der Waals surface area contributed by atoms with Crippen LogP contribution < -0.4 is 24.8 Å². The Morgan fingerprint density at radius 1 is 0.163 bits per heavy atom. The average molecular weight is 1220 g/mol. The van der Waals surface area contributed by atoms with Crippen LogP contribution in [0.2, 0.25) is 0 Å². The van der Waals surface area contributed by atoms with Gasteiger partial charge >= 0.3 is 52.4 Å². The van der Waals surface area contributed by atoms with Crippen molar-refractivity contribution in [2.45, 2.75) is 0 Å². The van der Waals surface area contributed by atoms with Crippen molar-refractivity contribution >= 4 is 86.2 Å². The Morgan fingerprint density at radius 2 is 0.338 bits per heavy atom. The Morgan fingerprint density at radius 3 is 0.562 bits per heavy atom. The topological polar surface area (TPSA) is 0 Å². The van der Waals surface area contributed by atoms with Gasteiger partial charge in [-0.15, -0.1) is 97.1 Å². The van der Waals surface area contributed by atoms with Crippen molar-refractivity contribution in [3.8, 4) is 44.5 Å². The van der Waals surface area contributed by atoms with Crippen molar-refractivity contribution in [1.29, 1.82) is 0 Å². The zero-order valence-corrected chi connectivity index (χ0v) is 50.2. The van der Waals surface area contributed by atoms with Crippen molar-refractivity contribution in [2.75, 3.05) is 0 Å². The Kier molecular flexibility index (Phi) is 18.7. The van der Waals surface area contributed by atoms with Gasteiger partial charge in [-0.3, -0.25) is 0 Å². The third kappa shape index (κ3) is 11.4. The first-order valence-corrected chi connectivity index (χ1v) is 26.2. The summed E-state index contributed by atoms with van der Waals surface area (Å²) in [5, 5.41) is 21.0. The first kappa shape index (κ1) is 57.2. The van der Waals surface area contributed by atoms with Crippen LogP contribution in [0.5, 0.6) is 0 Å². The van der Waals surface area contributed by atoms with E-state index in [-0.39, 0.29) is 77.2 Å². The van der Waals surface area contributed by atoms with E-state index in [4.69, 9.17) is 0 Å². The number of halogens is 2. The minimum Gasteiger partial charge on any atom is -1.00 e. The number of hydrogen-bond donors (Lipinski definition) is 0. The molecule has 4 heteroatoms. The largest absolute Gasteiger partial charge is 2.00 e. The molecule has 380 valence electrons. The van der Waals surface area contributed by atoms with Crippen molar-refractivity contribution < 1.29 is 77.2 Å². The molecule has 0 bridgehead atoms. The summed E-state index contributed by atoms with van der Waals surface area (Å²) < 4.78 is 0. The summed E-state index contributed by atoms with van der Waals surface area (Å²) >= 11 is 0. The Bertz CT molecular complexity index is 4060. The van der Waals surface area contributed by atoms with Gasteiger partial charge in [-0.05, 0) is 21.5 Å². The van der Waals surface area contributed by atoms with E-state index in [2.05, 4.69) is 315 Å². The van der Waals surface area contributed by atoms with E-state index < -0.39 is 0 Å². The van der Waals surface area contributed by atoms with Crippen LogP contribution in [-0.2, 0) is 52.4 Å². The summed E-state index contributed by atoms with van der Waals surface area (Å²) in [6, 6.07) is 112. The van der Waals surface area contributed by atoms with Gasteiger partial charge in [0, 0.05) is 0 Å². The first-order valence-electron chi connectivity index (χ1n) is 26.2. The van der Waals surface area contributed by atoms with Gasteiger partial charge in [0.2, 0.25) is 0 Å². The summed E-state index contributed by atoms with van der Waals surface area (Å²) in [5.41, 5.74) is 10.6. The van der Waals surface area contributed by atoms with Gasteiger partial charge in [0.1, 0.15) is 0 Å². The minimum absolute atomic E-state index is 0. The SMILES string of the molecule is [Cl-].[Cl-].[Zr+2].[Zr+2].c1ccc2c(-[c-]3ccc4ccccc43)cccc2c1.c1ccc2c(-[c-]3ccc4ccccc43)cccc2c1.c1ccc2c(-[c-]3ccc4ccccc43)cccc2c1.c1ccc2c(-[c-]3ccc4ccccc43)cccc2c1. The molecular weight excluding hydrogens is 1170 g/mol. The van der Waals surface area contributed by atoms with Crippen molar-refractivity contribution in [3.63, 3.8) is 0 Å². The molecule has 0 aromatic heterocycles. The molecule has 0 fully saturated rings. The van der Waals surface area contributed by atoms with E-state index >= 15 is 0 Å². The zero-order chi connectivity index (χ0) is 50.6. The number of hydrogen-bond acceptors (Lipinski definition) is 0. The van der Waals surface area contributed by atoms with Crippen LogP contribution in [0.15, 0.2) is 315 Å². The van der Waals surface area contributed by atoms with Crippen LogP contribution in [0.3, 0.4) is 0 Å². The maximum Gasteiger partial charge on any atom is 2.00 e. The molecule has 0 spiro atoms. The summed E-state index contributed by atoms with van der Waals surface area (Å²) in [7, 11) is 0. The molecule has 0 saturated heterocycles. The Balaban J connectivity index is 0.000000127. The van der Waals surface area contributed by atoms with Crippen molar-refractivity contribution in [1.82, 2.24) is 0 Å². The predicted octanol–water partition coefficient (Wildman–Crippen LogP) is 15.5. The molecule has 16 aromatic rings. The first-order chi connectivity index (χ1) is 37.7. The number of rotatable bonds is 4. The van der Waals surface area contributed by atoms with Gasteiger partial charge in [0.05, 0.1) is 0 Å². The molecule has 0 nitrogen and oxygen atoms in total. The van der Waals surface area contributed by atoms with Crippen LogP contribution in [0, 0.1) is 0 Å². The summed E-state index contributed by atoms with van der Waals surface area (Å²) in [4.78, 5) is 0. The van der Waals surface area contributed by atoms with Crippen LogP contribution in [-0.4, -0.2) is 0 Å². The molecule has 0 saturated carbocycles.